The largest absolute Gasteiger partial charge is 0.393 e. The maximum atomic E-state index is 12.2. The van der Waals surface area contributed by atoms with Crippen LogP contribution in [0.4, 0.5) is 0 Å². The summed E-state index contributed by atoms with van der Waals surface area (Å²) in [5.74, 6) is 1.87. The average molecular weight is 335 g/mol. The van der Waals surface area contributed by atoms with Gasteiger partial charge in [-0.1, -0.05) is 13.8 Å². The monoisotopic (exact) mass is 335 g/mol. The van der Waals surface area contributed by atoms with E-state index in [4.69, 9.17) is 4.74 Å². The van der Waals surface area contributed by atoms with Gasteiger partial charge in [0.15, 0.2) is 0 Å². The Labute approximate surface area is 145 Å². The summed E-state index contributed by atoms with van der Waals surface area (Å²) in [6.07, 6.45) is 7.08. The number of nitrogens with zero attached hydrogens (tertiary/aromatic N) is 1. The number of fused-ring (bicyclic) bond motifs is 5. The number of aliphatic hydroxyl groups is 1. The fourth-order valence-electron chi connectivity index (χ4n) is 7.62. The zero-order valence-corrected chi connectivity index (χ0v) is 15.6. The minimum Gasteiger partial charge on any atom is -0.393 e. The highest BCUT2D eigenvalue weighted by molar-refractivity contribution is 5.77. The number of hydrogen-bond acceptors (Lipinski definition) is 3. The van der Waals surface area contributed by atoms with Gasteiger partial charge >= 0.3 is 0 Å². The standard InChI is InChI=1S/C20H33NO3/c1-19-10-9-17(23)21(3)15(19)7-5-12-13-6-8-16(24-4)20(13,2)11-14(22)18(12)19/h12-16,18,22H,5-11H2,1-4H3/t12?,13?,14-,15?,16-,18?,19-,20-/m0/s1. The number of methoxy groups -OCH3 is 1. The Morgan fingerprint density at radius 1 is 1.17 bits per heavy atom. The van der Waals surface area contributed by atoms with Crippen LogP contribution >= 0.6 is 0 Å². The second-order valence-corrected chi connectivity index (χ2v) is 9.48. The van der Waals surface area contributed by atoms with Gasteiger partial charge in [-0.05, 0) is 67.1 Å². The predicted octanol–water partition coefficient (Wildman–Crippen LogP) is 2.84. The molecule has 4 heteroatoms. The first-order chi connectivity index (χ1) is 11.3. The van der Waals surface area contributed by atoms with Crippen molar-refractivity contribution in [1.29, 1.82) is 0 Å². The van der Waals surface area contributed by atoms with Crippen molar-refractivity contribution < 1.29 is 14.6 Å². The summed E-state index contributed by atoms with van der Waals surface area (Å²) in [5, 5.41) is 11.2. The summed E-state index contributed by atoms with van der Waals surface area (Å²) in [6.45, 7) is 4.70. The van der Waals surface area contributed by atoms with Crippen LogP contribution in [0, 0.1) is 28.6 Å². The molecule has 0 aromatic heterocycles. The van der Waals surface area contributed by atoms with Crippen molar-refractivity contribution in [2.24, 2.45) is 28.6 Å². The highest BCUT2D eigenvalue weighted by Crippen LogP contribution is 2.65. The molecule has 24 heavy (non-hydrogen) atoms. The van der Waals surface area contributed by atoms with Gasteiger partial charge in [0.2, 0.25) is 5.91 Å². The Kier molecular flexibility index (Phi) is 3.82. The summed E-state index contributed by atoms with van der Waals surface area (Å²) in [6, 6.07) is 0.304. The first-order valence-electron chi connectivity index (χ1n) is 9.79. The third kappa shape index (κ3) is 2.02. The van der Waals surface area contributed by atoms with Crippen LogP contribution in [0.25, 0.3) is 0 Å². The molecule has 0 aromatic carbocycles. The quantitative estimate of drug-likeness (QED) is 0.802. The van der Waals surface area contributed by atoms with Gasteiger partial charge in [0, 0.05) is 26.6 Å². The fourth-order valence-corrected chi connectivity index (χ4v) is 7.62. The predicted molar refractivity (Wildman–Crippen MR) is 92.4 cm³/mol. The molecule has 4 rings (SSSR count). The van der Waals surface area contributed by atoms with Gasteiger partial charge in [-0.15, -0.1) is 0 Å². The van der Waals surface area contributed by atoms with Crippen molar-refractivity contribution in [2.75, 3.05) is 14.2 Å². The van der Waals surface area contributed by atoms with E-state index in [1.807, 2.05) is 19.1 Å². The zero-order valence-electron chi connectivity index (χ0n) is 15.6. The molecule has 4 nitrogen and oxygen atoms in total. The zero-order chi connectivity index (χ0) is 17.3. The third-order valence-electron chi connectivity index (χ3n) is 8.68. The van der Waals surface area contributed by atoms with Gasteiger partial charge in [-0.25, -0.2) is 0 Å². The van der Waals surface area contributed by atoms with E-state index in [9.17, 15) is 9.90 Å². The number of aliphatic hydroxyl groups excluding tert-OH is 1. The van der Waals surface area contributed by atoms with Crippen LogP contribution in [-0.2, 0) is 9.53 Å². The Morgan fingerprint density at radius 3 is 2.62 bits per heavy atom. The van der Waals surface area contributed by atoms with E-state index in [2.05, 4.69) is 13.8 Å². The van der Waals surface area contributed by atoms with Crippen LogP contribution in [0.2, 0.25) is 0 Å². The minimum absolute atomic E-state index is 0.0669. The molecule has 136 valence electrons. The lowest BCUT2D eigenvalue weighted by atomic mass is 9.46. The summed E-state index contributed by atoms with van der Waals surface area (Å²) >= 11 is 0. The normalized spacial score (nSPS) is 54.2. The first kappa shape index (κ1) is 16.8. The van der Waals surface area contributed by atoms with Crippen LogP contribution in [0.3, 0.4) is 0 Å². The second-order valence-electron chi connectivity index (χ2n) is 9.48. The van der Waals surface area contributed by atoms with Crippen molar-refractivity contribution in [2.45, 2.75) is 77.0 Å². The number of ether oxygens (including phenoxy) is 1. The van der Waals surface area contributed by atoms with E-state index in [1.165, 1.54) is 6.42 Å². The summed E-state index contributed by atoms with van der Waals surface area (Å²) in [7, 11) is 3.80. The summed E-state index contributed by atoms with van der Waals surface area (Å²) < 4.78 is 5.81. The molecule has 0 radical (unpaired) electrons. The summed E-state index contributed by atoms with van der Waals surface area (Å²) in [4.78, 5) is 14.2. The minimum atomic E-state index is -0.263. The smallest absolute Gasteiger partial charge is 0.222 e. The molecule has 0 bridgehead atoms. The van der Waals surface area contributed by atoms with Crippen LogP contribution in [-0.4, -0.2) is 48.3 Å². The van der Waals surface area contributed by atoms with Crippen molar-refractivity contribution in [3.8, 4) is 0 Å². The maximum absolute atomic E-state index is 12.2. The molecule has 1 heterocycles. The molecule has 1 N–H and O–H groups in total. The SMILES string of the molecule is CO[C@H]1CCC2C3CCC4N(C)C(=O)CC[C@]4(C)C3[C@@H](O)C[C@@]21C. The molecular formula is C20H33NO3. The third-order valence-corrected chi connectivity index (χ3v) is 8.68. The van der Waals surface area contributed by atoms with Crippen molar-refractivity contribution in [3.63, 3.8) is 0 Å². The van der Waals surface area contributed by atoms with Crippen molar-refractivity contribution in [3.05, 3.63) is 0 Å². The van der Waals surface area contributed by atoms with Crippen molar-refractivity contribution in [1.82, 2.24) is 4.90 Å². The number of likely N-dealkylation sites (tertiary alicyclic amines) is 1. The highest BCUT2D eigenvalue weighted by Gasteiger charge is 2.64. The fraction of sp³-hybridized carbons (Fsp3) is 0.950. The number of piperidine rings is 1. The van der Waals surface area contributed by atoms with Crippen LogP contribution in [0.1, 0.15) is 58.8 Å². The lowest BCUT2D eigenvalue weighted by Gasteiger charge is -2.63. The van der Waals surface area contributed by atoms with Crippen molar-refractivity contribution >= 4 is 5.91 Å². The second kappa shape index (κ2) is 5.44. The molecule has 4 unspecified atom stereocenters. The number of amides is 1. The number of carbonyl (C=O) groups excluding carboxylic acids is 1. The number of rotatable bonds is 1. The number of carbonyl (C=O) groups is 1. The molecule has 1 saturated heterocycles. The molecule has 3 saturated carbocycles. The van der Waals surface area contributed by atoms with Gasteiger partial charge < -0.3 is 14.7 Å². The van der Waals surface area contributed by atoms with Gasteiger partial charge in [0.1, 0.15) is 0 Å². The molecule has 1 amide bonds. The molecule has 8 atom stereocenters. The van der Waals surface area contributed by atoms with Crippen LogP contribution in [0.5, 0.6) is 0 Å². The lowest BCUT2D eigenvalue weighted by molar-refractivity contribution is -0.188. The molecule has 3 aliphatic carbocycles. The van der Waals surface area contributed by atoms with E-state index in [-0.39, 0.29) is 22.8 Å². The molecular weight excluding hydrogens is 302 g/mol. The molecule has 4 aliphatic rings. The Morgan fingerprint density at radius 2 is 1.92 bits per heavy atom. The molecule has 0 spiro atoms. The van der Waals surface area contributed by atoms with Crippen LogP contribution < -0.4 is 0 Å². The maximum Gasteiger partial charge on any atom is 0.222 e. The van der Waals surface area contributed by atoms with Crippen LogP contribution in [0.15, 0.2) is 0 Å². The van der Waals surface area contributed by atoms with E-state index in [0.717, 1.165) is 32.1 Å². The van der Waals surface area contributed by atoms with Gasteiger partial charge in [-0.2, -0.15) is 0 Å². The first-order valence-corrected chi connectivity index (χ1v) is 9.79. The lowest BCUT2D eigenvalue weighted by Crippen LogP contribution is -2.64. The van der Waals surface area contributed by atoms with E-state index < -0.39 is 0 Å². The van der Waals surface area contributed by atoms with Gasteiger partial charge in [0.25, 0.3) is 0 Å². The van der Waals surface area contributed by atoms with E-state index in [0.29, 0.717) is 36.3 Å². The Hall–Kier alpha value is -0.610. The molecule has 1 aliphatic heterocycles. The highest BCUT2D eigenvalue weighted by atomic mass is 16.5. The molecule has 0 aromatic rings. The average Bonchev–Trinajstić information content (AvgIpc) is 2.86. The topological polar surface area (TPSA) is 49.8 Å². The van der Waals surface area contributed by atoms with Gasteiger partial charge in [-0.3, -0.25) is 4.79 Å². The molecule has 4 fully saturated rings. The van der Waals surface area contributed by atoms with E-state index >= 15 is 0 Å². The van der Waals surface area contributed by atoms with Gasteiger partial charge in [0.05, 0.1) is 12.2 Å². The Balaban J connectivity index is 1.69. The number of hydrogen-bond donors (Lipinski definition) is 1. The van der Waals surface area contributed by atoms with E-state index in [1.54, 1.807) is 0 Å². The summed E-state index contributed by atoms with van der Waals surface area (Å²) in [5.41, 5.74) is 0.187. The Bertz CT molecular complexity index is 537.